The Labute approximate surface area is 135 Å². The minimum Gasteiger partial charge on any atom is -0.338 e. The van der Waals surface area contributed by atoms with Crippen LogP contribution < -0.4 is 10.6 Å². The van der Waals surface area contributed by atoms with Gasteiger partial charge in [0.2, 0.25) is 0 Å². The zero-order valence-corrected chi connectivity index (χ0v) is 13.7. The normalized spacial score (nSPS) is 21.2. The number of aromatic nitrogens is 1. The Bertz CT molecular complexity index is 640. The van der Waals surface area contributed by atoms with Gasteiger partial charge >= 0.3 is 6.03 Å². The van der Waals surface area contributed by atoms with E-state index in [-0.39, 0.29) is 12.1 Å². The van der Waals surface area contributed by atoms with Gasteiger partial charge in [-0.3, -0.25) is 0 Å². The van der Waals surface area contributed by atoms with Crippen LogP contribution in [0, 0.1) is 12.8 Å². The first-order chi connectivity index (χ1) is 10.6. The number of aryl methyl sites for hydroxylation is 1. The third-order valence-electron chi connectivity index (χ3n) is 4.03. The molecule has 0 bridgehead atoms. The number of amides is 2. The first-order valence-electron chi connectivity index (χ1n) is 7.65. The molecule has 2 N–H and O–H groups in total. The first-order valence-corrected chi connectivity index (χ1v) is 8.47. The molecule has 5 heteroatoms. The van der Waals surface area contributed by atoms with Crippen molar-refractivity contribution < 1.29 is 4.79 Å². The van der Waals surface area contributed by atoms with Gasteiger partial charge in [0.1, 0.15) is 5.01 Å². The van der Waals surface area contributed by atoms with Gasteiger partial charge in [-0.15, -0.1) is 11.3 Å². The molecule has 1 heterocycles. The summed E-state index contributed by atoms with van der Waals surface area (Å²) in [6.07, 6.45) is 3.00. The Balaban J connectivity index is 1.42. The van der Waals surface area contributed by atoms with Crippen molar-refractivity contribution in [3.63, 3.8) is 0 Å². The molecule has 1 aliphatic carbocycles. The first kappa shape index (κ1) is 15.0. The van der Waals surface area contributed by atoms with Gasteiger partial charge < -0.3 is 10.6 Å². The number of hydrogen-bond acceptors (Lipinski definition) is 3. The van der Waals surface area contributed by atoms with Gasteiger partial charge in [0, 0.05) is 17.6 Å². The van der Waals surface area contributed by atoms with Crippen LogP contribution in [0.3, 0.4) is 0 Å². The number of benzene rings is 1. The zero-order chi connectivity index (χ0) is 15.5. The van der Waals surface area contributed by atoms with Crippen molar-refractivity contribution >= 4 is 17.4 Å². The molecular formula is C17H21N3OS. The van der Waals surface area contributed by atoms with Crippen LogP contribution in [-0.2, 0) is 0 Å². The zero-order valence-electron chi connectivity index (χ0n) is 12.9. The fourth-order valence-corrected chi connectivity index (χ4v) is 3.46. The minimum atomic E-state index is -0.112. The summed E-state index contributed by atoms with van der Waals surface area (Å²) in [6, 6.07) is 10.3. The van der Waals surface area contributed by atoms with Crippen LogP contribution in [-0.4, -0.2) is 17.6 Å². The molecule has 1 fully saturated rings. The fraction of sp³-hybridized carbons (Fsp3) is 0.412. The standard InChI is InChI=1S/C17H21N3OS/c1-11-9-18-16(22-11)12(2)20-17(21)19-10-14-8-15(14)13-6-4-3-5-7-13/h3-7,9,12,14-15H,8,10H2,1-2H3,(H2,19,20,21)/t12?,14-,15-/m0/s1. The topological polar surface area (TPSA) is 54.0 Å². The molecule has 0 aliphatic heterocycles. The molecule has 3 atom stereocenters. The molecule has 2 amide bonds. The van der Waals surface area contributed by atoms with Crippen LogP contribution in [0.4, 0.5) is 4.79 Å². The van der Waals surface area contributed by atoms with E-state index >= 15 is 0 Å². The van der Waals surface area contributed by atoms with Crippen LogP contribution in [0.25, 0.3) is 0 Å². The third-order valence-corrected chi connectivity index (χ3v) is 5.13. The van der Waals surface area contributed by atoms with Crippen LogP contribution in [0.15, 0.2) is 36.5 Å². The molecule has 4 nitrogen and oxygen atoms in total. The third kappa shape index (κ3) is 3.65. The van der Waals surface area contributed by atoms with Gasteiger partial charge in [0.05, 0.1) is 6.04 Å². The number of thiazole rings is 1. The number of urea groups is 1. The van der Waals surface area contributed by atoms with Gasteiger partial charge in [-0.05, 0) is 37.7 Å². The molecule has 1 aromatic heterocycles. The highest BCUT2D eigenvalue weighted by molar-refractivity contribution is 7.11. The molecule has 0 spiro atoms. The van der Waals surface area contributed by atoms with E-state index in [9.17, 15) is 4.79 Å². The summed E-state index contributed by atoms with van der Waals surface area (Å²) in [6.45, 7) is 4.71. The summed E-state index contributed by atoms with van der Waals surface area (Å²) in [5.74, 6) is 1.16. The predicted molar refractivity (Wildman–Crippen MR) is 89.1 cm³/mol. The highest BCUT2D eigenvalue weighted by Gasteiger charge is 2.38. The van der Waals surface area contributed by atoms with Crippen molar-refractivity contribution in [2.45, 2.75) is 32.2 Å². The summed E-state index contributed by atoms with van der Waals surface area (Å²) >= 11 is 1.62. The van der Waals surface area contributed by atoms with Crippen molar-refractivity contribution in [2.75, 3.05) is 6.54 Å². The number of carbonyl (C=O) groups is 1. The van der Waals surface area contributed by atoms with Crippen molar-refractivity contribution in [1.82, 2.24) is 15.6 Å². The SMILES string of the molecule is Cc1cnc(C(C)NC(=O)NC[C@@H]2C[C@H]2c2ccccc2)s1. The Kier molecular flexibility index (Phi) is 4.43. The van der Waals surface area contributed by atoms with E-state index in [1.165, 1.54) is 5.56 Å². The van der Waals surface area contributed by atoms with E-state index in [0.717, 1.165) is 22.9 Å². The summed E-state index contributed by atoms with van der Waals surface area (Å²) in [5.41, 5.74) is 1.38. The quantitative estimate of drug-likeness (QED) is 0.885. The van der Waals surface area contributed by atoms with Gasteiger partial charge in [-0.25, -0.2) is 9.78 Å². The number of nitrogens with one attached hydrogen (secondary N) is 2. The number of rotatable bonds is 5. The summed E-state index contributed by atoms with van der Waals surface area (Å²) < 4.78 is 0. The van der Waals surface area contributed by atoms with Gasteiger partial charge in [0.15, 0.2) is 0 Å². The largest absolute Gasteiger partial charge is 0.338 e. The lowest BCUT2D eigenvalue weighted by Crippen LogP contribution is -2.38. The molecule has 0 radical (unpaired) electrons. The van der Waals surface area contributed by atoms with Crippen molar-refractivity contribution in [3.8, 4) is 0 Å². The Morgan fingerprint density at radius 3 is 2.86 bits per heavy atom. The van der Waals surface area contributed by atoms with Crippen LogP contribution >= 0.6 is 11.3 Å². The monoisotopic (exact) mass is 315 g/mol. The fourth-order valence-electron chi connectivity index (χ4n) is 2.69. The van der Waals surface area contributed by atoms with E-state index < -0.39 is 0 Å². The molecule has 1 aromatic carbocycles. The van der Waals surface area contributed by atoms with E-state index in [2.05, 4.69) is 39.9 Å². The molecule has 22 heavy (non-hydrogen) atoms. The lowest BCUT2D eigenvalue weighted by Gasteiger charge is -2.12. The van der Waals surface area contributed by atoms with Crippen LogP contribution in [0.1, 0.15) is 40.8 Å². The van der Waals surface area contributed by atoms with E-state index in [1.54, 1.807) is 11.3 Å². The Morgan fingerprint density at radius 2 is 2.18 bits per heavy atom. The molecular weight excluding hydrogens is 294 g/mol. The van der Waals surface area contributed by atoms with Crippen molar-refractivity contribution in [1.29, 1.82) is 0 Å². The Morgan fingerprint density at radius 1 is 1.41 bits per heavy atom. The highest BCUT2D eigenvalue weighted by Crippen LogP contribution is 2.46. The second-order valence-electron chi connectivity index (χ2n) is 5.90. The summed E-state index contributed by atoms with van der Waals surface area (Å²) in [4.78, 5) is 17.4. The summed E-state index contributed by atoms with van der Waals surface area (Å²) in [7, 11) is 0. The van der Waals surface area contributed by atoms with Gasteiger partial charge in [-0.2, -0.15) is 0 Å². The van der Waals surface area contributed by atoms with Crippen molar-refractivity contribution in [2.24, 2.45) is 5.92 Å². The number of hydrogen-bond donors (Lipinski definition) is 2. The second-order valence-corrected chi connectivity index (χ2v) is 7.16. The van der Waals surface area contributed by atoms with E-state index in [0.29, 0.717) is 11.8 Å². The smallest absolute Gasteiger partial charge is 0.315 e. The molecule has 1 saturated carbocycles. The lowest BCUT2D eigenvalue weighted by atomic mass is 10.1. The second kappa shape index (κ2) is 6.48. The maximum absolute atomic E-state index is 12.0. The molecule has 2 aromatic rings. The molecule has 0 saturated heterocycles. The van der Waals surface area contributed by atoms with Gasteiger partial charge in [0.25, 0.3) is 0 Å². The van der Waals surface area contributed by atoms with E-state index in [1.807, 2.05) is 26.1 Å². The minimum absolute atomic E-state index is 0.0529. The Hall–Kier alpha value is -1.88. The average molecular weight is 315 g/mol. The number of carbonyl (C=O) groups excluding carboxylic acids is 1. The maximum atomic E-state index is 12.0. The van der Waals surface area contributed by atoms with Gasteiger partial charge in [-0.1, -0.05) is 30.3 Å². The predicted octanol–water partition coefficient (Wildman–Crippen LogP) is 3.62. The lowest BCUT2D eigenvalue weighted by molar-refractivity contribution is 0.237. The van der Waals surface area contributed by atoms with E-state index in [4.69, 9.17) is 0 Å². The van der Waals surface area contributed by atoms with Crippen LogP contribution in [0.2, 0.25) is 0 Å². The molecule has 116 valence electrons. The maximum Gasteiger partial charge on any atom is 0.315 e. The molecule has 1 aliphatic rings. The average Bonchev–Trinajstić information content (AvgIpc) is 3.18. The highest BCUT2D eigenvalue weighted by atomic mass is 32.1. The van der Waals surface area contributed by atoms with Crippen LogP contribution in [0.5, 0.6) is 0 Å². The van der Waals surface area contributed by atoms with Crippen molar-refractivity contribution in [3.05, 3.63) is 52.0 Å². The molecule has 3 rings (SSSR count). The number of nitrogens with zero attached hydrogens (tertiary/aromatic N) is 1. The summed E-state index contributed by atoms with van der Waals surface area (Å²) in [5, 5.41) is 6.87. The molecule has 1 unspecified atom stereocenters.